The lowest BCUT2D eigenvalue weighted by Gasteiger charge is -2.20. The smallest absolute Gasteiger partial charge is 0.387 e. The number of benzene rings is 2. The molecule has 0 radical (unpaired) electrons. The highest BCUT2D eigenvalue weighted by Crippen LogP contribution is 2.36. The lowest BCUT2D eigenvalue weighted by Crippen LogP contribution is -2.15. The van der Waals surface area contributed by atoms with E-state index < -0.39 is 43.0 Å². The summed E-state index contributed by atoms with van der Waals surface area (Å²) in [5, 5.41) is 3.43. The molecule has 0 fully saturated rings. The summed E-state index contributed by atoms with van der Waals surface area (Å²) < 4.78 is 77.2. The second kappa shape index (κ2) is 14.2. The summed E-state index contributed by atoms with van der Waals surface area (Å²) in [6.45, 7) is -3.00. The Balaban J connectivity index is 0.00000506. The predicted octanol–water partition coefficient (Wildman–Crippen LogP) is 7.19. The second-order valence-corrected chi connectivity index (χ2v) is 10.00. The van der Waals surface area contributed by atoms with Crippen molar-refractivity contribution in [2.45, 2.75) is 25.7 Å². The average molecular weight is 618 g/mol. The van der Waals surface area contributed by atoms with Crippen LogP contribution in [0.25, 0.3) is 0 Å². The molecule has 0 aliphatic heterocycles. The normalized spacial score (nSPS) is 12.9. The monoisotopic (exact) mass is 617 g/mol. The van der Waals surface area contributed by atoms with Crippen LogP contribution in [0.4, 0.5) is 18.9 Å². The van der Waals surface area contributed by atoms with Gasteiger partial charge in [0, 0.05) is 23.4 Å². The van der Waals surface area contributed by atoms with Gasteiger partial charge in [-0.2, -0.15) is 8.78 Å². The summed E-state index contributed by atoms with van der Waals surface area (Å²) in [5.74, 6) is -2.18. The van der Waals surface area contributed by atoms with Crippen LogP contribution in [0.15, 0.2) is 67.0 Å². The van der Waals surface area contributed by atoms with Crippen LogP contribution in [0, 0.1) is 5.82 Å². The molecule has 4 aromatic rings. The molecule has 0 amide bonds. The number of halogens is 5. The third kappa shape index (κ3) is 7.79. The van der Waals surface area contributed by atoms with Gasteiger partial charge < -0.3 is 25.0 Å². The van der Waals surface area contributed by atoms with Gasteiger partial charge in [0.05, 0.1) is 16.8 Å². The van der Waals surface area contributed by atoms with Crippen molar-refractivity contribution in [3.8, 4) is 11.5 Å². The van der Waals surface area contributed by atoms with Crippen LogP contribution in [0.3, 0.4) is 0 Å². The zero-order valence-electron chi connectivity index (χ0n) is 23.3. The number of methoxy groups -OCH3 is 1. The van der Waals surface area contributed by atoms with Crippen molar-refractivity contribution in [3.63, 3.8) is 0 Å². The van der Waals surface area contributed by atoms with E-state index in [1.807, 2.05) is 0 Å². The molecule has 0 aliphatic carbocycles. The minimum atomic E-state index is -3.25. The zero-order valence-corrected chi connectivity index (χ0v) is 22.6. The van der Waals surface area contributed by atoms with E-state index in [1.165, 1.54) is 24.5 Å². The molecule has 0 aliphatic rings. The highest BCUT2D eigenvalue weighted by Gasteiger charge is 2.25. The Morgan fingerprint density at radius 2 is 1.85 bits per heavy atom. The first kappa shape index (κ1) is 26.7. The number of ether oxygens (including phenoxy) is 3. The fourth-order valence-corrected chi connectivity index (χ4v) is 5.00. The molecule has 2 aromatic heterocycles. The Hall–Kier alpha value is -3.51. The topological polar surface area (TPSA) is 101 Å². The van der Waals surface area contributed by atoms with Crippen molar-refractivity contribution in [1.82, 2.24) is 0 Å². The van der Waals surface area contributed by atoms with Crippen LogP contribution >= 0.6 is 34.5 Å². The van der Waals surface area contributed by atoms with E-state index in [2.05, 4.69) is 15.0 Å². The van der Waals surface area contributed by atoms with Gasteiger partial charge in [-0.15, -0.1) is 11.3 Å². The van der Waals surface area contributed by atoms with E-state index in [0.29, 0.717) is 16.1 Å². The van der Waals surface area contributed by atoms with Crippen molar-refractivity contribution in [2.24, 2.45) is 0 Å². The lowest BCUT2D eigenvalue weighted by molar-refractivity contribution is -0.377. The number of carbonyl (C=O) groups excluding carboxylic acids is 1. The molecule has 0 saturated heterocycles. The number of aromatic nitrogens is 1. The first-order valence-corrected chi connectivity index (χ1v) is 12.9. The van der Waals surface area contributed by atoms with Gasteiger partial charge in [-0.1, -0.05) is 41.4 Å². The van der Waals surface area contributed by atoms with Gasteiger partial charge in [-0.3, -0.25) is 0 Å². The van der Waals surface area contributed by atoms with Gasteiger partial charge in [0.25, 0.3) is 0 Å². The molecule has 40 heavy (non-hydrogen) atoms. The maximum atomic E-state index is 13.9. The molecule has 3 N–H and O–H groups in total. The van der Waals surface area contributed by atoms with Gasteiger partial charge in [0.1, 0.15) is 26.8 Å². The number of nitrogens with one attached hydrogen (secondary N) is 2. The van der Waals surface area contributed by atoms with Crippen molar-refractivity contribution in [2.75, 3.05) is 12.4 Å². The van der Waals surface area contributed by atoms with E-state index in [0.717, 1.165) is 23.5 Å². The fraction of sp³-hybridized carbons (Fsp3) is 0.185. The SMILES string of the molecule is [2H]C([2H])([2H])Oc1cc([C@H](Cc2c(Cl)c[nH+]cc2Cl)OC(=O)c2ccc(CNc3ccccc3F)s2)ccc1OC(F)F.[OH-]. The molecule has 2 heterocycles. The Labute approximate surface area is 246 Å². The molecule has 0 bridgehead atoms. The van der Waals surface area contributed by atoms with E-state index in [-0.39, 0.29) is 38.9 Å². The van der Waals surface area contributed by atoms with Gasteiger partial charge in [-0.05, 0) is 42.0 Å². The average Bonchev–Trinajstić information content (AvgIpc) is 3.39. The van der Waals surface area contributed by atoms with Crippen LogP contribution in [0.2, 0.25) is 10.0 Å². The number of H-pyrrole nitrogens is 1. The third-order valence-electron chi connectivity index (χ3n) is 5.49. The number of pyridine rings is 1. The Bertz CT molecular complexity index is 1540. The molecule has 0 unspecified atom stereocenters. The molecule has 7 nitrogen and oxygen atoms in total. The molecule has 0 spiro atoms. The quantitative estimate of drug-likeness (QED) is 0.179. The van der Waals surface area contributed by atoms with Crippen molar-refractivity contribution >= 4 is 46.2 Å². The number of rotatable bonds is 11. The molecule has 2 aromatic carbocycles. The number of hydrogen-bond donors (Lipinski definition) is 1. The van der Waals surface area contributed by atoms with Gasteiger partial charge >= 0.3 is 12.6 Å². The fourth-order valence-electron chi connectivity index (χ4n) is 3.64. The Kier molecular flexibility index (Phi) is 9.49. The second-order valence-electron chi connectivity index (χ2n) is 8.01. The summed E-state index contributed by atoms with van der Waals surface area (Å²) >= 11 is 13.8. The maximum absolute atomic E-state index is 13.9. The first-order chi connectivity index (χ1) is 19.9. The maximum Gasteiger partial charge on any atom is 0.387 e. The van der Waals surface area contributed by atoms with E-state index in [1.54, 1.807) is 30.3 Å². The summed E-state index contributed by atoms with van der Waals surface area (Å²) in [5.41, 5.74) is 0.905. The number of alkyl halides is 2. The van der Waals surface area contributed by atoms with E-state index in [9.17, 15) is 18.0 Å². The number of anilines is 1. The number of aromatic amines is 1. The van der Waals surface area contributed by atoms with Crippen molar-refractivity contribution in [1.29, 1.82) is 0 Å². The third-order valence-corrected chi connectivity index (χ3v) is 7.23. The summed E-state index contributed by atoms with van der Waals surface area (Å²) in [6, 6.07) is 12.9. The van der Waals surface area contributed by atoms with Gasteiger partial charge in [0.2, 0.25) is 0 Å². The summed E-state index contributed by atoms with van der Waals surface area (Å²) in [6.07, 6.45) is 1.77. The van der Waals surface area contributed by atoms with Crippen molar-refractivity contribution in [3.05, 3.63) is 104 Å². The number of thiophene rings is 1. The molecular weight excluding hydrogens is 592 g/mol. The predicted molar refractivity (Wildman–Crippen MR) is 144 cm³/mol. The standard InChI is InChI=1S/C27H21Cl2F3N2O4S.H2O/c1-36-24-10-15(6-8-22(24)38-27(31)32)23(11-17-18(28)13-33-14-19(17)29)37-26(35)25-9-7-16(39-25)12-34-21-5-3-2-4-20(21)30;/h2-10,13-14,23,27,34H,11-12H2,1H3;1H2/t23-;/m0./s1/i1D3;. The number of esters is 1. The Morgan fingerprint density at radius 1 is 1.10 bits per heavy atom. The summed E-state index contributed by atoms with van der Waals surface area (Å²) in [4.78, 5) is 17.0. The van der Waals surface area contributed by atoms with Crippen LogP contribution in [0.1, 0.15) is 35.9 Å². The van der Waals surface area contributed by atoms with Crippen LogP contribution in [-0.4, -0.2) is 25.1 Å². The molecule has 1 atom stereocenters. The molecule has 212 valence electrons. The first-order valence-electron chi connectivity index (χ1n) is 12.8. The highest BCUT2D eigenvalue weighted by molar-refractivity contribution is 7.13. The van der Waals surface area contributed by atoms with Crippen molar-refractivity contribution < 1.29 is 46.7 Å². The van der Waals surface area contributed by atoms with Crippen LogP contribution in [0.5, 0.6) is 11.5 Å². The van der Waals surface area contributed by atoms with Gasteiger partial charge in [-0.25, -0.2) is 14.2 Å². The van der Waals surface area contributed by atoms with Gasteiger partial charge in [0.15, 0.2) is 23.9 Å². The Morgan fingerprint density at radius 3 is 2.55 bits per heavy atom. The lowest BCUT2D eigenvalue weighted by atomic mass is 10.0. The molecular formula is C27H23Cl2F3N2O5S. The van der Waals surface area contributed by atoms with Crippen LogP contribution < -0.4 is 19.8 Å². The minimum absolute atomic E-state index is 0. The zero-order chi connectivity index (χ0) is 30.4. The van der Waals surface area contributed by atoms with Crippen LogP contribution in [-0.2, 0) is 17.7 Å². The molecule has 0 saturated carbocycles. The number of para-hydroxylation sites is 1. The number of hydrogen-bond acceptors (Lipinski definition) is 7. The molecule has 13 heteroatoms. The highest BCUT2D eigenvalue weighted by atomic mass is 35.5. The van der Waals surface area contributed by atoms with E-state index >= 15 is 0 Å². The van der Waals surface area contributed by atoms with E-state index in [4.69, 9.17) is 36.8 Å². The number of carbonyl (C=O) groups is 1. The molecule has 4 rings (SSSR count). The summed E-state index contributed by atoms with van der Waals surface area (Å²) in [7, 11) is -2.99. The minimum Gasteiger partial charge on any atom is -0.870 e. The largest absolute Gasteiger partial charge is 0.870 e.